The second-order valence-electron chi connectivity index (χ2n) is 5.75. The van der Waals surface area contributed by atoms with E-state index in [1.54, 1.807) is 0 Å². The molecule has 0 unspecified atom stereocenters. The molecule has 3 rings (SSSR count). The number of halogens is 1. The van der Waals surface area contributed by atoms with Crippen molar-refractivity contribution in [2.75, 3.05) is 0 Å². The minimum atomic E-state index is 0. The molecule has 0 radical (unpaired) electrons. The molecule has 0 bridgehead atoms. The van der Waals surface area contributed by atoms with Crippen LogP contribution in [-0.2, 0) is 39.0 Å². The maximum absolute atomic E-state index is 2.29. The number of fused-ring (bicyclic) bond motifs is 1. The van der Waals surface area contributed by atoms with E-state index in [1.165, 1.54) is 53.1 Å². The molecular formula is C21H27ClZr. The van der Waals surface area contributed by atoms with Crippen molar-refractivity contribution in [3.05, 3.63) is 71.3 Å². The van der Waals surface area contributed by atoms with Crippen LogP contribution in [-0.4, -0.2) is 0 Å². The van der Waals surface area contributed by atoms with Gasteiger partial charge in [0.2, 0.25) is 0 Å². The van der Waals surface area contributed by atoms with Crippen LogP contribution >= 0.6 is 12.4 Å². The van der Waals surface area contributed by atoms with Crippen LogP contribution in [0, 0.1) is 6.92 Å². The molecule has 0 aliphatic carbocycles. The van der Waals surface area contributed by atoms with Crippen LogP contribution < -0.4 is 0 Å². The standard InChI is InChI=1S/C13H15.C8H11.ClH.Zr/c1-3-5-11-6-4-7-12-8-10(2)9-13(11)12;1-2-5-8-6-3-4-7-8;;/h4,6-9H,3,5H2,1-2H3;3-4,6-7H,2,5H2,1H3;1H;/q2*-1;;+2. The Hall–Kier alpha value is -0.647. The Kier molecular flexibility index (Phi) is 11.5. The molecule has 0 heterocycles. The van der Waals surface area contributed by atoms with E-state index in [4.69, 9.17) is 0 Å². The van der Waals surface area contributed by atoms with Crippen LogP contribution in [0.2, 0.25) is 0 Å². The van der Waals surface area contributed by atoms with E-state index in [-0.39, 0.29) is 38.6 Å². The van der Waals surface area contributed by atoms with Crippen LogP contribution in [0.25, 0.3) is 10.8 Å². The second-order valence-corrected chi connectivity index (χ2v) is 5.75. The van der Waals surface area contributed by atoms with Gasteiger partial charge in [0.25, 0.3) is 0 Å². The number of rotatable bonds is 4. The summed E-state index contributed by atoms with van der Waals surface area (Å²) in [5.74, 6) is 0. The van der Waals surface area contributed by atoms with Gasteiger partial charge >= 0.3 is 26.2 Å². The van der Waals surface area contributed by atoms with Gasteiger partial charge in [-0.2, -0.15) is 23.8 Å². The Morgan fingerprint density at radius 3 is 2.30 bits per heavy atom. The summed E-state index contributed by atoms with van der Waals surface area (Å²) < 4.78 is 0. The monoisotopic (exact) mass is 404 g/mol. The third-order valence-corrected chi connectivity index (χ3v) is 3.78. The minimum absolute atomic E-state index is 0. The molecule has 0 fully saturated rings. The summed E-state index contributed by atoms with van der Waals surface area (Å²) in [6, 6.07) is 19.7. The first-order valence-corrected chi connectivity index (χ1v) is 8.10. The summed E-state index contributed by atoms with van der Waals surface area (Å²) in [4.78, 5) is 0. The molecule has 0 aromatic heterocycles. The summed E-state index contributed by atoms with van der Waals surface area (Å²) in [6.07, 6.45) is 4.90. The molecule has 0 amide bonds. The molecule has 0 nitrogen and oxygen atoms in total. The molecule has 0 spiro atoms. The zero-order valence-electron chi connectivity index (χ0n) is 14.4. The molecule has 3 aromatic carbocycles. The van der Waals surface area contributed by atoms with Gasteiger partial charge in [0.15, 0.2) is 0 Å². The third kappa shape index (κ3) is 6.78. The third-order valence-electron chi connectivity index (χ3n) is 3.78. The number of hydrogen-bond donors (Lipinski definition) is 0. The van der Waals surface area contributed by atoms with Gasteiger partial charge in [-0.15, -0.1) is 46.9 Å². The molecule has 23 heavy (non-hydrogen) atoms. The quantitative estimate of drug-likeness (QED) is 0.429. The van der Waals surface area contributed by atoms with Gasteiger partial charge in [0, 0.05) is 0 Å². The van der Waals surface area contributed by atoms with Gasteiger partial charge in [-0.1, -0.05) is 51.7 Å². The summed E-state index contributed by atoms with van der Waals surface area (Å²) >= 11 is 0. The van der Waals surface area contributed by atoms with E-state index in [0.717, 1.165) is 0 Å². The topological polar surface area (TPSA) is 0 Å². The smallest absolute Gasteiger partial charge is 0.213 e. The first-order chi connectivity index (χ1) is 10.2. The molecule has 0 N–H and O–H groups in total. The Balaban J connectivity index is 0.000000425. The SMILES string of the molecule is CCCc1ccc[cH-]1.CCCc1cccc2[cH-]c(C)cc12.Cl.[Zr+2]. The van der Waals surface area contributed by atoms with Crippen LogP contribution in [0.15, 0.2) is 54.6 Å². The van der Waals surface area contributed by atoms with Crippen molar-refractivity contribution in [3.8, 4) is 0 Å². The number of hydrogen-bond acceptors (Lipinski definition) is 0. The minimum Gasteiger partial charge on any atom is -0.213 e. The summed E-state index contributed by atoms with van der Waals surface area (Å²) in [5.41, 5.74) is 4.33. The molecule has 0 atom stereocenters. The number of benzene rings is 1. The van der Waals surface area contributed by atoms with E-state index in [9.17, 15) is 0 Å². The zero-order valence-corrected chi connectivity index (χ0v) is 17.7. The summed E-state index contributed by atoms with van der Waals surface area (Å²) in [5, 5.41) is 2.84. The Morgan fingerprint density at radius 1 is 0.957 bits per heavy atom. The van der Waals surface area contributed by atoms with E-state index in [1.807, 2.05) is 0 Å². The average molecular weight is 406 g/mol. The van der Waals surface area contributed by atoms with Gasteiger partial charge < -0.3 is 0 Å². The first-order valence-electron chi connectivity index (χ1n) is 8.10. The van der Waals surface area contributed by atoms with E-state index in [2.05, 4.69) is 75.4 Å². The predicted molar refractivity (Wildman–Crippen MR) is 102 cm³/mol. The Bertz CT molecular complexity index is 650. The Labute approximate surface area is 166 Å². The van der Waals surface area contributed by atoms with E-state index in [0.29, 0.717) is 0 Å². The van der Waals surface area contributed by atoms with Crippen molar-refractivity contribution < 1.29 is 26.2 Å². The van der Waals surface area contributed by atoms with Crippen LogP contribution in [0.5, 0.6) is 0 Å². The first kappa shape index (κ1) is 22.4. The van der Waals surface area contributed by atoms with E-state index >= 15 is 0 Å². The molecule has 0 aliphatic rings. The van der Waals surface area contributed by atoms with Crippen molar-refractivity contribution >= 4 is 23.2 Å². The molecule has 0 saturated carbocycles. The second kappa shape index (κ2) is 11.8. The maximum atomic E-state index is 2.29. The molecule has 122 valence electrons. The molecule has 0 aliphatic heterocycles. The van der Waals surface area contributed by atoms with Crippen molar-refractivity contribution in [2.24, 2.45) is 0 Å². The fourth-order valence-electron chi connectivity index (χ4n) is 2.81. The van der Waals surface area contributed by atoms with Crippen LogP contribution in [0.1, 0.15) is 43.4 Å². The van der Waals surface area contributed by atoms with Gasteiger partial charge in [-0.3, -0.25) is 0 Å². The predicted octanol–water partition coefficient (Wildman–Crippen LogP) is 6.60. The van der Waals surface area contributed by atoms with Gasteiger partial charge in [-0.05, 0) is 6.42 Å². The molecular weight excluding hydrogens is 379 g/mol. The summed E-state index contributed by atoms with van der Waals surface area (Å²) in [6.45, 7) is 6.59. The largest absolute Gasteiger partial charge is 2.00 e. The fraction of sp³-hybridized carbons (Fsp3) is 0.333. The zero-order chi connectivity index (χ0) is 15.1. The van der Waals surface area contributed by atoms with Crippen molar-refractivity contribution in [2.45, 2.75) is 46.5 Å². The van der Waals surface area contributed by atoms with Gasteiger partial charge in [0.1, 0.15) is 0 Å². The normalized spacial score (nSPS) is 9.52. The fourth-order valence-corrected chi connectivity index (χ4v) is 2.81. The number of aryl methyl sites for hydroxylation is 3. The van der Waals surface area contributed by atoms with Crippen molar-refractivity contribution in [3.63, 3.8) is 0 Å². The maximum Gasteiger partial charge on any atom is 2.00 e. The van der Waals surface area contributed by atoms with E-state index < -0.39 is 0 Å². The van der Waals surface area contributed by atoms with Crippen molar-refractivity contribution in [1.82, 2.24) is 0 Å². The van der Waals surface area contributed by atoms with Crippen LogP contribution in [0.3, 0.4) is 0 Å². The van der Waals surface area contributed by atoms with Crippen LogP contribution in [0.4, 0.5) is 0 Å². The summed E-state index contributed by atoms with van der Waals surface area (Å²) in [7, 11) is 0. The molecule has 0 saturated heterocycles. The van der Waals surface area contributed by atoms with Gasteiger partial charge in [-0.25, -0.2) is 12.1 Å². The molecule has 3 aromatic rings. The van der Waals surface area contributed by atoms with Crippen molar-refractivity contribution in [1.29, 1.82) is 0 Å². The Morgan fingerprint density at radius 2 is 1.70 bits per heavy atom. The average Bonchev–Trinajstić information content (AvgIpc) is 3.09. The van der Waals surface area contributed by atoms with Gasteiger partial charge in [0.05, 0.1) is 0 Å². The molecule has 2 heteroatoms.